The van der Waals surface area contributed by atoms with Crippen LogP contribution in [0.5, 0.6) is 0 Å². The summed E-state index contributed by atoms with van der Waals surface area (Å²) in [5, 5.41) is 8.99. The van der Waals surface area contributed by atoms with Crippen molar-refractivity contribution in [3.63, 3.8) is 0 Å². The van der Waals surface area contributed by atoms with Gasteiger partial charge >= 0.3 is 0 Å². The molecule has 2 aromatic carbocycles. The van der Waals surface area contributed by atoms with Crippen LogP contribution < -0.4 is 16.0 Å². The smallest absolute Gasteiger partial charge is 0.255 e. The Hall–Kier alpha value is -2.70. The number of rotatable bonds is 7. The normalized spacial score (nSPS) is 16.1. The molecule has 1 saturated heterocycles. The maximum absolute atomic E-state index is 12.6. The molecule has 2 amide bonds. The standard InChI is InChI=1S/C21H25N3O3/c1-2-22-14-15-6-3-8-17(12-15)23-20(25)16-7-4-9-18(13-16)24-21(26)19-10-5-11-27-19/h3-4,6-9,12-13,19,22H,2,5,10-11,14H2,1H3,(H,23,25)(H,24,26). The van der Waals surface area contributed by atoms with Gasteiger partial charge in [-0.15, -0.1) is 0 Å². The number of nitrogens with one attached hydrogen (secondary N) is 3. The third-order valence-electron chi connectivity index (χ3n) is 4.38. The van der Waals surface area contributed by atoms with Crippen LogP contribution in [0.15, 0.2) is 48.5 Å². The summed E-state index contributed by atoms with van der Waals surface area (Å²) in [5.74, 6) is -0.384. The molecule has 3 N–H and O–H groups in total. The molecule has 0 aliphatic carbocycles. The molecule has 1 fully saturated rings. The summed E-state index contributed by atoms with van der Waals surface area (Å²) < 4.78 is 5.39. The zero-order valence-corrected chi connectivity index (χ0v) is 15.5. The highest BCUT2D eigenvalue weighted by Gasteiger charge is 2.23. The van der Waals surface area contributed by atoms with Crippen LogP contribution in [-0.2, 0) is 16.1 Å². The number of amides is 2. The van der Waals surface area contributed by atoms with E-state index in [0.29, 0.717) is 17.9 Å². The molecule has 27 heavy (non-hydrogen) atoms. The van der Waals surface area contributed by atoms with Gasteiger partial charge in [0.15, 0.2) is 0 Å². The first-order valence-electron chi connectivity index (χ1n) is 9.29. The van der Waals surface area contributed by atoms with Gasteiger partial charge in [0.2, 0.25) is 0 Å². The Morgan fingerprint density at radius 1 is 1.07 bits per heavy atom. The van der Waals surface area contributed by atoms with E-state index in [1.54, 1.807) is 24.3 Å². The SMILES string of the molecule is CCNCc1cccc(NC(=O)c2cccc(NC(=O)C3CCCO3)c2)c1. The summed E-state index contributed by atoms with van der Waals surface area (Å²) >= 11 is 0. The van der Waals surface area contributed by atoms with Crippen LogP contribution >= 0.6 is 0 Å². The number of carbonyl (C=O) groups is 2. The van der Waals surface area contributed by atoms with Crippen LogP contribution in [0.25, 0.3) is 0 Å². The number of ether oxygens (including phenoxy) is 1. The topological polar surface area (TPSA) is 79.5 Å². The average Bonchev–Trinajstić information content (AvgIpc) is 3.22. The molecule has 1 heterocycles. The van der Waals surface area contributed by atoms with E-state index in [0.717, 1.165) is 37.2 Å². The van der Waals surface area contributed by atoms with E-state index >= 15 is 0 Å². The maximum Gasteiger partial charge on any atom is 0.255 e. The Labute approximate surface area is 159 Å². The van der Waals surface area contributed by atoms with Gasteiger partial charge in [-0.2, -0.15) is 0 Å². The summed E-state index contributed by atoms with van der Waals surface area (Å²) in [7, 11) is 0. The van der Waals surface area contributed by atoms with Gasteiger partial charge in [-0.05, 0) is 55.3 Å². The van der Waals surface area contributed by atoms with E-state index in [1.807, 2.05) is 24.3 Å². The number of hydrogen-bond donors (Lipinski definition) is 3. The van der Waals surface area contributed by atoms with Gasteiger partial charge in [0, 0.05) is 30.1 Å². The highest BCUT2D eigenvalue weighted by Crippen LogP contribution is 2.18. The molecule has 0 radical (unpaired) electrons. The van der Waals surface area contributed by atoms with Crippen molar-refractivity contribution in [2.24, 2.45) is 0 Å². The van der Waals surface area contributed by atoms with Crippen LogP contribution in [0.1, 0.15) is 35.7 Å². The molecule has 0 saturated carbocycles. The van der Waals surface area contributed by atoms with Crippen molar-refractivity contribution < 1.29 is 14.3 Å². The molecule has 1 aliphatic heterocycles. The Kier molecular flexibility index (Phi) is 6.57. The first-order chi connectivity index (χ1) is 13.2. The molecular formula is C21H25N3O3. The highest BCUT2D eigenvalue weighted by atomic mass is 16.5. The molecular weight excluding hydrogens is 342 g/mol. The van der Waals surface area contributed by atoms with Gasteiger partial charge in [0.05, 0.1) is 0 Å². The monoisotopic (exact) mass is 367 g/mol. The molecule has 1 unspecified atom stereocenters. The van der Waals surface area contributed by atoms with Gasteiger partial charge in [-0.1, -0.05) is 25.1 Å². The van der Waals surface area contributed by atoms with Crippen LogP contribution in [-0.4, -0.2) is 31.1 Å². The van der Waals surface area contributed by atoms with E-state index in [4.69, 9.17) is 4.74 Å². The molecule has 1 atom stereocenters. The first-order valence-corrected chi connectivity index (χ1v) is 9.29. The van der Waals surface area contributed by atoms with E-state index in [-0.39, 0.29) is 11.8 Å². The van der Waals surface area contributed by atoms with Crippen LogP contribution in [0.2, 0.25) is 0 Å². The first kappa shape index (κ1) is 19.1. The van der Waals surface area contributed by atoms with E-state index < -0.39 is 6.10 Å². The summed E-state index contributed by atoms with van der Waals surface area (Å²) in [6.07, 6.45) is 1.23. The average molecular weight is 367 g/mol. The fourth-order valence-electron chi connectivity index (χ4n) is 2.98. The zero-order chi connectivity index (χ0) is 19.1. The van der Waals surface area contributed by atoms with Crippen molar-refractivity contribution in [1.29, 1.82) is 0 Å². The number of anilines is 2. The largest absolute Gasteiger partial charge is 0.368 e. The lowest BCUT2D eigenvalue weighted by atomic mass is 10.1. The van der Waals surface area contributed by atoms with Crippen molar-refractivity contribution >= 4 is 23.2 Å². The Balaban J connectivity index is 1.64. The van der Waals surface area contributed by atoms with Crippen molar-refractivity contribution in [3.8, 4) is 0 Å². The number of carbonyl (C=O) groups excluding carboxylic acids is 2. The molecule has 0 bridgehead atoms. The Morgan fingerprint density at radius 3 is 2.59 bits per heavy atom. The molecule has 2 aromatic rings. The second kappa shape index (κ2) is 9.30. The fourth-order valence-corrected chi connectivity index (χ4v) is 2.98. The zero-order valence-electron chi connectivity index (χ0n) is 15.5. The summed E-state index contributed by atoms with van der Waals surface area (Å²) in [6.45, 7) is 4.32. The van der Waals surface area contributed by atoms with Gasteiger partial charge in [-0.25, -0.2) is 0 Å². The molecule has 0 aromatic heterocycles. The minimum atomic E-state index is -0.401. The predicted octanol–water partition coefficient (Wildman–Crippen LogP) is 3.17. The van der Waals surface area contributed by atoms with Gasteiger partial charge in [0.1, 0.15) is 6.10 Å². The van der Waals surface area contributed by atoms with E-state index in [9.17, 15) is 9.59 Å². The Bertz CT molecular complexity index is 801. The van der Waals surface area contributed by atoms with Gasteiger partial charge in [0.25, 0.3) is 11.8 Å². The Morgan fingerprint density at radius 2 is 1.85 bits per heavy atom. The van der Waals surface area contributed by atoms with E-state index in [1.165, 1.54) is 0 Å². The molecule has 1 aliphatic rings. The lowest BCUT2D eigenvalue weighted by Gasteiger charge is -2.12. The van der Waals surface area contributed by atoms with Crippen LogP contribution in [0.3, 0.4) is 0 Å². The lowest BCUT2D eigenvalue weighted by molar-refractivity contribution is -0.124. The second-order valence-corrected chi connectivity index (χ2v) is 6.51. The van der Waals surface area contributed by atoms with Crippen molar-refractivity contribution in [2.75, 3.05) is 23.8 Å². The molecule has 6 heteroatoms. The molecule has 3 rings (SSSR count). The highest BCUT2D eigenvalue weighted by molar-refractivity contribution is 6.05. The van der Waals surface area contributed by atoms with Crippen molar-refractivity contribution in [1.82, 2.24) is 5.32 Å². The van der Waals surface area contributed by atoms with Crippen molar-refractivity contribution in [3.05, 3.63) is 59.7 Å². The summed E-state index contributed by atoms with van der Waals surface area (Å²) in [6, 6.07) is 14.6. The van der Waals surface area contributed by atoms with Crippen LogP contribution in [0, 0.1) is 0 Å². The summed E-state index contributed by atoms with van der Waals surface area (Å²) in [4.78, 5) is 24.7. The minimum absolute atomic E-state index is 0.166. The predicted molar refractivity (Wildman–Crippen MR) is 106 cm³/mol. The number of hydrogen-bond acceptors (Lipinski definition) is 4. The van der Waals surface area contributed by atoms with Gasteiger partial charge in [-0.3, -0.25) is 9.59 Å². The molecule has 0 spiro atoms. The fraction of sp³-hybridized carbons (Fsp3) is 0.333. The van der Waals surface area contributed by atoms with Crippen molar-refractivity contribution in [2.45, 2.75) is 32.4 Å². The lowest BCUT2D eigenvalue weighted by Crippen LogP contribution is -2.27. The van der Waals surface area contributed by atoms with E-state index in [2.05, 4.69) is 22.9 Å². The number of benzene rings is 2. The third-order valence-corrected chi connectivity index (χ3v) is 4.38. The van der Waals surface area contributed by atoms with Crippen LogP contribution in [0.4, 0.5) is 11.4 Å². The minimum Gasteiger partial charge on any atom is -0.368 e. The summed E-state index contributed by atoms with van der Waals surface area (Å²) in [5.41, 5.74) is 2.91. The molecule has 6 nitrogen and oxygen atoms in total. The second-order valence-electron chi connectivity index (χ2n) is 6.51. The maximum atomic E-state index is 12.6. The third kappa shape index (κ3) is 5.39. The molecule has 142 valence electrons. The quantitative estimate of drug-likeness (QED) is 0.702. The van der Waals surface area contributed by atoms with Gasteiger partial charge < -0.3 is 20.7 Å².